The van der Waals surface area contributed by atoms with Crippen molar-refractivity contribution in [3.63, 3.8) is 0 Å². The van der Waals surface area contributed by atoms with Gasteiger partial charge in [-0.15, -0.1) is 5.92 Å². The fourth-order valence-electron chi connectivity index (χ4n) is 5.31. The molecule has 1 aliphatic rings. The highest BCUT2D eigenvalue weighted by Gasteiger charge is 2.28. The SMILES string of the molecule is CC#CCn1c(N2CCCC(N)C2)nc2c1c(=O)n(Cc1nc(C)c3ccccc3n1)c(=O)n2CC(=O)OCCCC. The Morgan fingerprint density at radius 1 is 1.14 bits per heavy atom. The number of nitrogens with zero attached hydrogens (tertiary/aromatic N) is 7. The average molecular weight is 573 g/mol. The molecule has 4 aromatic rings. The number of hydrogen-bond donors (Lipinski definition) is 1. The van der Waals surface area contributed by atoms with E-state index in [1.54, 1.807) is 11.5 Å². The number of unbranched alkanes of at least 4 members (excludes halogenated alkanes) is 1. The number of anilines is 1. The van der Waals surface area contributed by atoms with E-state index < -0.39 is 23.8 Å². The monoisotopic (exact) mass is 572 g/mol. The zero-order valence-corrected chi connectivity index (χ0v) is 24.3. The molecule has 2 N–H and O–H groups in total. The summed E-state index contributed by atoms with van der Waals surface area (Å²) in [7, 11) is 0. The van der Waals surface area contributed by atoms with Crippen molar-refractivity contribution in [1.29, 1.82) is 0 Å². The fraction of sp³-hybridized carbons (Fsp3) is 0.467. The number of aryl methyl sites for hydroxylation is 1. The van der Waals surface area contributed by atoms with Crippen molar-refractivity contribution in [3.05, 3.63) is 56.6 Å². The van der Waals surface area contributed by atoms with E-state index in [1.807, 2.05) is 43.0 Å². The molecule has 220 valence electrons. The molecule has 0 bridgehead atoms. The highest BCUT2D eigenvalue weighted by Crippen LogP contribution is 2.23. The minimum Gasteiger partial charge on any atom is -0.464 e. The first-order valence-electron chi connectivity index (χ1n) is 14.3. The Bertz CT molecular complexity index is 1810. The summed E-state index contributed by atoms with van der Waals surface area (Å²) < 4.78 is 9.37. The Balaban J connectivity index is 1.70. The van der Waals surface area contributed by atoms with Crippen LogP contribution in [-0.2, 0) is 29.2 Å². The molecule has 5 rings (SSSR count). The molecule has 0 radical (unpaired) electrons. The molecule has 1 unspecified atom stereocenters. The van der Waals surface area contributed by atoms with Gasteiger partial charge in [-0.2, -0.15) is 4.98 Å². The molecule has 1 atom stereocenters. The number of fused-ring (bicyclic) bond motifs is 2. The minimum atomic E-state index is -0.692. The van der Waals surface area contributed by atoms with Gasteiger partial charge in [0.1, 0.15) is 12.4 Å². The lowest BCUT2D eigenvalue weighted by Gasteiger charge is -2.31. The van der Waals surface area contributed by atoms with Gasteiger partial charge in [-0.1, -0.05) is 37.5 Å². The summed E-state index contributed by atoms with van der Waals surface area (Å²) in [4.78, 5) is 56.9. The number of aromatic nitrogens is 6. The zero-order chi connectivity index (χ0) is 29.8. The Kier molecular flexibility index (Phi) is 8.68. The number of esters is 1. The molecule has 1 saturated heterocycles. The molecule has 12 heteroatoms. The second-order valence-electron chi connectivity index (χ2n) is 10.5. The fourth-order valence-corrected chi connectivity index (χ4v) is 5.31. The number of ether oxygens (including phenoxy) is 1. The van der Waals surface area contributed by atoms with Gasteiger partial charge in [0, 0.05) is 30.2 Å². The highest BCUT2D eigenvalue weighted by atomic mass is 16.5. The van der Waals surface area contributed by atoms with Crippen LogP contribution in [0.25, 0.3) is 22.1 Å². The van der Waals surface area contributed by atoms with E-state index in [2.05, 4.69) is 21.8 Å². The second kappa shape index (κ2) is 12.6. The van der Waals surface area contributed by atoms with E-state index >= 15 is 0 Å². The second-order valence-corrected chi connectivity index (χ2v) is 10.5. The average Bonchev–Trinajstić information content (AvgIpc) is 3.36. The Hall–Kier alpha value is -4.50. The van der Waals surface area contributed by atoms with Gasteiger partial charge in [0.25, 0.3) is 5.56 Å². The summed E-state index contributed by atoms with van der Waals surface area (Å²) in [6.45, 7) is 6.65. The first-order chi connectivity index (χ1) is 20.3. The van der Waals surface area contributed by atoms with Crippen LogP contribution in [-0.4, -0.2) is 60.4 Å². The van der Waals surface area contributed by atoms with Gasteiger partial charge in [0.05, 0.1) is 25.2 Å². The maximum absolute atomic E-state index is 14.1. The molecule has 42 heavy (non-hydrogen) atoms. The standard InChI is InChI=1S/C30H36N8O4/c1-4-6-15-36-26-27(34-29(36)35-14-10-11-21(31)17-35)37(19-25(39)42-16-7-5-2)30(41)38(28(26)40)18-24-32-20(3)22-12-8-9-13-23(22)33-24/h8-9,12-13,21H,5,7,10-11,14-19,31H2,1-3H3. The highest BCUT2D eigenvalue weighted by molar-refractivity contribution is 5.80. The Labute approximate surface area is 243 Å². The maximum Gasteiger partial charge on any atom is 0.333 e. The van der Waals surface area contributed by atoms with Crippen molar-refractivity contribution in [3.8, 4) is 11.8 Å². The van der Waals surface area contributed by atoms with Crippen LogP contribution in [0.2, 0.25) is 0 Å². The predicted octanol–water partition coefficient (Wildman–Crippen LogP) is 1.95. The lowest BCUT2D eigenvalue weighted by atomic mass is 10.1. The quantitative estimate of drug-likeness (QED) is 0.181. The number of rotatable bonds is 9. The summed E-state index contributed by atoms with van der Waals surface area (Å²) in [5, 5.41) is 0.886. The molecule has 0 saturated carbocycles. The smallest absolute Gasteiger partial charge is 0.333 e. The van der Waals surface area contributed by atoms with Crippen molar-refractivity contribution >= 4 is 34.0 Å². The van der Waals surface area contributed by atoms with Crippen LogP contribution in [0.4, 0.5) is 5.95 Å². The molecule has 1 fully saturated rings. The number of benzene rings is 1. The number of carbonyl (C=O) groups excluding carboxylic acids is 1. The number of imidazole rings is 1. The predicted molar refractivity (Wildman–Crippen MR) is 160 cm³/mol. The zero-order valence-electron chi connectivity index (χ0n) is 24.3. The van der Waals surface area contributed by atoms with Gasteiger partial charge in [-0.05, 0) is 39.2 Å². The van der Waals surface area contributed by atoms with Crippen LogP contribution >= 0.6 is 0 Å². The molecular weight excluding hydrogens is 536 g/mol. The van der Waals surface area contributed by atoms with Crippen molar-refractivity contribution in [2.75, 3.05) is 24.6 Å². The summed E-state index contributed by atoms with van der Waals surface area (Å²) in [6.07, 6.45) is 3.32. The number of hydrogen-bond acceptors (Lipinski definition) is 9. The third kappa shape index (κ3) is 5.78. The number of carbonyl (C=O) groups is 1. The maximum atomic E-state index is 14.1. The molecule has 3 aromatic heterocycles. The van der Waals surface area contributed by atoms with E-state index in [0.717, 1.165) is 34.9 Å². The first-order valence-corrected chi connectivity index (χ1v) is 14.3. The van der Waals surface area contributed by atoms with E-state index in [0.29, 0.717) is 36.8 Å². The summed E-state index contributed by atoms with van der Waals surface area (Å²) in [5.74, 6) is 6.12. The molecule has 1 aliphatic heterocycles. The first kappa shape index (κ1) is 29.0. The van der Waals surface area contributed by atoms with Crippen LogP contribution in [0.1, 0.15) is 51.0 Å². The van der Waals surface area contributed by atoms with E-state index in [1.165, 1.54) is 4.57 Å². The third-order valence-electron chi connectivity index (χ3n) is 7.44. The van der Waals surface area contributed by atoms with E-state index in [9.17, 15) is 14.4 Å². The number of nitrogens with two attached hydrogens (primary N) is 1. The van der Waals surface area contributed by atoms with Crippen molar-refractivity contribution in [1.82, 2.24) is 28.7 Å². The van der Waals surface area contributed by atoms with Crippen LogP contribution < -0.4 is 21.9 Å². The largest absolute Gasteiger partial charge is 0.464 e. The summed E-state index contributed by atoms with van der Waals surface area (Å²) >= 11 is 0. The molecule has 0 amide bonds. The van der Waals surface area contributed by atoms with Crippen molar-refractivity contribution in [2.24, 2.45) is 5.73 Å². The van der Waals surface area contributed by atoms with E-state index in [4.69, 9.17) is 15.5 Å². The lowest BCUT2D eigenvalue weighted by molar-refractivity contribution is -0.144. The van der Waals surface area contributed by atoms with Gasteiger partial charge < -0.3 is 15.4 Å². The Morgan fingerprint density at radius 3 is 2.71 bits per heavy atom. The molecular formula is C30H36N8O4. The molecule has 4 heterocycles. The van der Waals surface area contributed by atoms with Crippen molar-refractivity contribution < 1.29 is 9.53 Å². The van der Waals surface area contributed by atoms with Crippen LogP contribution in [0, 0.1) is 18.8 Å². The van der Waals surface area contributed by atoms with E-state index in [-0.39, 0.29) is 36.9 Å². The van der Waals surface area contributed by atoms with Gasteiger partial charge in [0.2, 0.25) is 5.95 Å². The van der Waals surface area contributed by atoms with Gasteiger partial charge in [-0.25, -0.2) is 14.8 Å². The topological polar surface area (TPSA) is 143 Å². The van der Waals surface area contributed by atoms with Crippen LogP contribution in [0.5, 0.6) is 0 Å². The molecule has 0 aliphatic carbocycles. The van der Waals surface area contributed by atoms with Crippen LogP contribution in [0.15, 0.2) is 33.9 Å². The lowest BCUT2D eigenvalue weighted by Crippen LogP contribution is -2.44. The minimum absolute atomic E-state index is 0.0510. The summed E-state index contributed by atoms with van der Waals surface area (Å²) in [6, 6.07) is 7.51. The third-order valence-corrected chi connectivity index (χ3v) is 7.44. The number of piperidine rings is 1. The van der Waals surface area contributed by atoms with Crippen molar-refractivity contribution in [2.45, 2.75) is 72.1 Å². The van der Waals surface area contributed by atoms with Gasteiger partial charge in [0.15, 0.2) is 11.2 Å². The van der Waals surface area contributed by atoms with Crippen LogP contribution in [0.3, 0.4) is 0 Å². The molecule has 12 nitrogen and oxygen atoms in total. The summed E-state index contributed by atoms with van der Waals surface area (Å²) in [5.41, 5.74) is 6.75. The molecule has 0 spiro atoms. The van der Waals surface area contributed by atoms with Gasteiger partial charge in [-0.3, -0.25) is 23.3 Å². The Morgan fingerprint density at radius 2 is 1.95 bits per heavy atom. The number of para-hydroxylation sites is 1. The molecule has 1 aromatic carbocycles. The van der Waals surface area contributed by atoms with Gasteiger partial charge >= 0.3 is 11.7 Å². The normalized spacial score (nSPS) is 15.1.